The number of hydrogen-bond donors (Lipinski definition) is 1. The van der Waals surface area contributed by atoms with E-state index >= 15 is 0 Å². The van der Waals surface area contributed by atoms with Gasteiger partial charge in [0.15, 0.2) is 0 Å². The van der Waals surface area contributed by atoms with Gasteiger partial charge in [0.1, 0.15) is 10.7 Å². The number of nitrogens with two attached hydrogens (primary N) is 1. The van der Waals surface area contributed by atoms with Crippen LogP contribution in [0.4, 0.5) is 5.95 Å². The zero-order valence-electron chi connectivity index (χ0n) is 11.4. The van der Waals surface area contributed by atoms with E-state index in [0.717, 1.165) is 19.0 Å². The van der Waals surface area contributed by atoms with Crippen LogP contribution in [-0.4, -0.2) is 28.0 Å². The van der Waals surface area contributed by atoms with Gasteiger partial charge in [0.2, 0.25) is 5.95 Å². The Labute approximate surface area is 115 Å². The fourth-order valence-electron chi connectivity index (χ4n) is 1.85. The van der Waals surface area contributed by atoms with Crippen LogP contribution in [0.1, 0.15) is 39.3 Å². The van der Waals surface area contributed by atoms with Crippen molar-refractivity contribution in [1.82, 2.24) is 9.97 Å². The first-order valence-corrected chi connectivity index (χ1v) is 6.90. The number of thiocarbonyl (C=S) groups is 1. The Hall–Kier alpha value is -1.23. The number of anilines is 1. The molecule has 5 heteroatoms. The minimum absolute atomic E-state index is 0.317. The maximum atomic E-state index is 5.60. The molecule has 0 unspecified atom stereocenters. The molecule has 0 atom stereocenters. The predicted octanol–water partition coefficient (Wildman–Crippen LogP) is 2.37. The third-order valence-corrected chi connectivity index (χ3v) is 3.40. The highest BCUT2D eigenvalue weighted by atomic mass is 32.1. The van der Waals surface area contributed by atoms with Gasteiger partial charge in [0.05, 0.1) is 0 Å². The Kier molecular flexibility index (Phi) is 5.98. The van der Waals surface area contributed by atoms with E-state index in [2.05, 4.69) is 35.6 Å². The number of nitrogens with zero attached hydrogens (tertiary/aromatic N) is 3. The SMILES string of the molecule is CCC(CC)CN(CC)c1nccc(C(N)=S)n1. The Morgan fingerprint density at radius 1 is 1.39 bits per heavy atom. The Balaban J connectivity index is 2.87. The molecule has 0 saturated heterocycles. The fourth-order valence-corrected chi connectivity index (χ4v) is 1.96. The number of aromatic nitrogens is 2. The molecule has 18 heavy (non-hydrogen) atoms. The zero-order chi connectivity index (χ0) is 13.5. The van der Waals surface area contributed by atoms with Gasteiger partial charge >= 0.3 is 0 Å². The van der Waals surface area contributed by atoms with E-state index in [9.17, 15) is 0 Å². The molecule has 0 fully saturated rings. The van der Waals surface area contributed by atoms with E-state index in [1.165, 1.54) is 12.8 Å². The Morgan fingerprint density at radius 3 is 2.56 bits per heavy atom. The van der Waals surface area contributed by atoms with Crippen molar-refractivity contribution in [1.29, 1.82) is 0 Å². The molecule has 0 spiro atoms. The molecule has 100 valence electrons. The molecule has 0 amide bonds. The van der Waals surface area contributed by atoms with Crippen LogP contribution >= 0.6 is 12.2 Å². The highest BCUT2D eigenvalue weighted by molar-refractivity contribution is 7.80. The van der Waals surface area contributed by atoms with Gasteiger partial charge in [-0.15, -0.1) is 0 Å². The number of rotatable bonds is 7. The molecule has 0 aliphatic carbocycles. The lowest BCUT2D eigenvalue weighted by atomic mass is 10.0. The van der Waals surface area contributed by atoms with Crippen molar-refractivity contribution >= 4 is 23.2 Å². The molecule has 2 N–H and O–H groups in total. The third-order valence-electron chi connectivity index (χ3n) is 3.19. The summed E-state index contributed by atoms with van der Waals surface area (Å²) in [5.41, 5.74) is 6.24. The Morgan fingerprint density at radius 2 is 2.06 bits per heavy atom. The van der Waals surface area contributed by atoms with Crippen LogP contribution in [0, 0.1) is 5.92 Å². The molecule has 1 aromatic heterocycles. The van der Waals surface area contributed by atoms with Crippen LogP contribution in [0.25, 0.3) is 0 Å². The van der Waals surface area contributed by atoms with Crippen molar-refractivity contribution in [3.63, 3.8) is 0 Å². The first kappa shape index (κ1) is 14.8. The summed E-state index contributed by atoms with van der Waals surface area (Å²) in [7, 11) is 0. The van der Waals surface area contributed by atoms with E-state index < -0.39 is 0 Å². The lowest BCUT2D eigenvalue weighted by molar-refractivity contribution is 0.482. The largest absolute Gasteiger partial charge is 0.388 e. The van der Waals surface area contributed by atoms with E-state index in [1.54, 1.807) is 12.3 Å². The summed E-state index contributed by atoms with van der Waals surface area (Å²) in [6.07, 6.45) is 4.05. The molecular weight excluding hydrogens is 244 g/mol. The van der Waals surface area contributed by atoms with Crippen molar-refractivity contribution in [3.8, 4) is 0 Å². The van der Waals surface area contributed by atoms with Crippen LogP contribution in [0.3, 0.4) is 0 Å². The zero-order valence-corrected chi connectivity index (χ0v) is 12.2. The molecule has 1 aromatic rings. The van der Waals surface area contributed by atoms with Gasteiger partial charge in [0, 0.05) is 19.3 Å². The topological polar surface area (TPSA) is 55.0 Å². The fraction of sp³-hybridized carbons (Fsp3) is 0.615. The molecule has 0 saturated carbocycles. The van der Waals surface area contributed by atoms with Gasteiger partial charge in [0.25, 0.3) is 0 Å². The normalized spacial score (nSPS) is 10.7. The quantitative estimate of drug-likeness (QED) is 0.768. The molecule has 0 bridgehead atoms. The van der Waals surface area contributed by atoms with Gasteiger partial charge in [-0.2, -0.15) is 0 Å². The third kappa shape index (κ3) is 3.91. The van der Waals surface area contributed by atoms with Gasteiger partial charge in [-0.3, -0.25) is 0 Å². The van der Waals surface area contributed by atoms with Gasteiger partial charge in [-0.05, 0) is 18.9 Å². The summed E-state index contributed by atoms with van der Waals surface area (Å²) < 4.78 is 0. The first-order chi connectivity index (χ1) is 8.62. The van der Waals surface area contributed by atoms with Gasteiger partial charge < -0.3 is 10.6 Å². The van der Waals surface area contributed by atoms with Gasteiger partial charge in [-0.1, -0.05) is 38.9 Å². The standard InChI is InChI=1S/C13H22N4S/c1-4-10(5-2)9-17(6-3)13-15-8-7-11(16-13)12(14)18/h7-8,10H,4-6,9H2,1-3H3,(H2,14,18). The molecule has 0 aromatic carbocycles. The second kappa shape index (κ2) is 7.26. The van der Waals surface area contributed by atoms with E-state index in [4.69, 9.17) is 18.0 Å². The van der Waals surface area contributed by atoms with E-state index in [0.29, 0.717) is 16.6 Å². The highest BCUT2D eigenvalue weighted by Crippen LogP contribution is 2.14. The van der Waals surface area contributed by atoms with Gasteiger partial charge in [-0.25, -0.2) is 9.97 Å². The average molecular weight is 266 g/mol. The minimum atomic E-state index is 0.317. The summed E-state index contributed by atoms with van der Waals surface area (Å²) >= 11 is 4.95. The average Bonchev–Trinajstić information content (AvgIpc) is 2.40. The van der Waals surface area contributed by atoms with Crippen LogP contribution in [0.15, 0.2) is 12.3 Å². The Bertz CT molecular complexity index is 390. The monoisotopic (exact) mass is 266 g/mol. The number of hydrogen-bond acceptors (Lipinski definition) is 4. The van der Waals surface area contributed by atoms with Crippen molar-refractivity contribution in [2.24, 2.45) is 11.7 Å². The van der Waals surface area contributed by atoms with Crippen LogP contribution in [0.5, 0.6) is 0 Å². The maximum absolute atomic E-state index is 5.60. The summed E-state index contributed by atoms with van der Waals surface area (Å²) in [6.45, 7) is 8.41. The molecular formula is C13H22N4S. The lowest BCUT2D eigenvalue weighted by Gasteiger charge is -2.25. The molecule has 1 heterocycles. The van der Waals surface area contributed by atoms with Crippen molar-refractivity contribution in [3.05, 3.63) is 18.0 Å². The van der Waals surface area contributed by atoms with E-state index in [1.807, 2.05) is 0 Å². The van der Waals surface area contributed by atoms with Crippen LogP contribution in [0.2, 0.25) is 0 Å². The smallest absolute Gasteiger partial charge is 0.225 e. The van der Waals surface area contributed by atoms with Crippen LogP contribution in [-0.2, 0) is 0 Å². The minimum Gasteiger partial charge on any atom is -0.388 e. The first-order valence-electron chi connectivity index (χ1n) is 6.50. The van der Waals surface area contributed by atoms with E-state index in [-0.39, 0.29) is 0 Å². The molecule has 4 nitrogen and oxygen atoms in total. The second-order valence-corrected chi connectivity index (χ2v) is 4.77. The summed E-state index contributed by atoms with van der Waals surface area (Å²) in [4.78, 5) is 11.2. The van der Waals surface area contributed by atoms with Crippen LogP contribution < -0.4 is 10.6 Å². The van der Waals surface area contributed by atoms with Crippen molar-refractivity contribution in [2.75, 3.05) is 18.0 Å². The summed E-state index contributed by atoms with van der Waals surface area (Å²) in [5, 5.41) is 0. The maximum Gasteiger partial charge on any atom is 0.225 e. The molecule has 0 radical (unpaired) electrons. The van der Waals surface area contributed by atoms with Crippen molar-refractivity contribution < 1.29 is 0 Å². The molecule has 0 aliphatic rings. The molecule has 0 aliphatic heterocycles. The summed E-state index contributed by atoms with van der Waals surface area (Å²) in [6, 6.07) is 1.75. The second-order valence-electron chi connectivity index (χ2n) is 4.33. The molecule has 1 rings (SSSR count). The lowest BCUT2D eigenvalue weighted by Crippen LogP contribution is -2.31. The predicted molar refractivity (Wildman–Crippen MR) is 79.9 cm³/mol. The summed E-state index contributed by atoms with van der Waals surface area (Å²) in [5.74, 6) is 1.39. The van der Waals surface area contributed by atoms with Crippen molar-refractivity contribution in [2.45, 2.75) is 33.6 Å². The highest BCUT2D eigenvalue weighted by Gasteiger charge is 2.13.